The van der Waals surface area contributed by atoms with Gasteiger partial charge in [0.15, 0.2) is 0 Å². The molecule has 0 aliphatic heterocycles. The second-order valence-corrected chi connectivity index (χ2v) is 6.41. The van der Waals surface area contributed by atoms with E-state index in [0.29, 0.717) is 0 Å². The normalized spacial score (nSPS) is 18.7. The van der Waals surface area contributed by atoms with E-state index < -0.39 is 0 Å². The molecule has 0 N–H and O–H groups in total. The van der Waals surface area contributed by atoms with Crippen LogP contribution in [0.2, 0.25) is 0 Å². The highest BCUT2D eigenvalue weighted by atomic mass is 14.2. The van der Waals surface area contributed by atoms with Crippen LogP contribution < -0.4 is 0 Å². The van der Waals surface area contributed by atoms with Crippen LogP contribution in [0.3, 0.4) is 0 Å². The third-order valence-corrected chi connectivity index (χ3v) is 4.76. The Kier molecular flexibility index (Phi) is 9.97. The smallest absolute Gasteiger partial charge is 0.0391 e. The third kappa shape index (κ3) is 7.84. The van der Waals surface area contributed by atoms with Gasteiger partial charge in [0, 0.05) is 0 Å². The van der Waals surface area contributed by atoms with Gasteiger partial charge < -0.3 is 0 Å². The Bertz CT molecular complexity index is 161. The van der Waals surface area contributed by atoms with Crippen molar-refractivity contribution >= 4 is 0 Å². The second kappa shape index (κ2) is 9.97. The van der Waals surface area contributed by atoms with Crippen LogP contribution in [0.25, 0.3) is 0 Å². The maximum Gasteiger partial charge on any atom is -0.0391 e. The molecule has 0 saturated heterocycles. The van der Waals surface area contributed by atoms with Crippen molar-refractivity contribution in [3.8, 4) is 0 Å². The number of hydrogen-bond donors (Lipinski definition) is 0. The standard InChI is InChI=1S/C17H36/c1-7-9-10-11-12-14(3)13-16(5)17(6)15(4)8-2/h14-17H,7-13H2,1-6H3. The van der Waals surface area contributed by atoms with Crippen molar-refractivity contribution in [3.05, 3.63) is 0 Å². The molecule has 0 nitrogen and oxygen atoms in total. The fourth-order valence-electron chi connectivity index (χ4n) is 2.82. The Morgan fingerprint density at radius 3 is 1.94 bits per heavy atom. The maximum atomic E-state index is 2.46. The molecule has 17 heavy (non-hydrogen) atoms. The summed E-state index contributed by atoms with van der Waals surface area (Å²) >= 11 is 0. The van der Waals surface area contributed by atoms with Crippen LogP contribution >= 0.6 is 0 Å². The lowest BCUT2D eigenvalue weighted by atomic mass is 9.78. The number of hydrogen-bond acceptors (Lipinski definition) is 0. The van der Waals surface area contributed by atoms with Gasteiger partial charge in [-0.2, -0.15) is 0 Å². The van der Waals surface area contributed by atoms with E-state index in [4.69, 9.17) is 0 Å². The summed E-state index contributed by atoms with van der Waals surface area (Å²) in [5.74, 6) is 3.59. The molecule has 0 bridgehead atoms. The Balaban J connectivity index is 3.74. The Hall–Kier alpha value is 0. The largest absolute Gasteiger partial charge is 0.0654 e. The van der Waals surface area contributed by atoms with E-state index in [1.807, 2.05) is 0 Å². The summed E-state index contributed by atoms with van der Waals surface area (Å²) in [5, 5.41) is 0. The molecule has 4 atom stereocenters. The van der Waals surface area contributed by atoms with Crippen LogP contribution in [0.5, 0.6) is 0 Å². The molecule has 0 aliphatic carbocycles. The lowest BCUT2D eigenvalue weighted by Gasteiger charge is -2.27. The Morgan fingerprint density at radius 2 is 1.41 bits per heavy atom. The molecule has 4 unspecified atom stereocenters. The molecular weight excluding hydrogens is 204 g/mol. The van der Waals surface area contributed by atoms with E-state index in [1.165, 1.54) is 44.9 Å². The third-order valence-electron chi connectivity index (χ3n) is 4.76. The van der Waals surface area contributed by atoms with Gasteiger partial charge in [-0.25, -0.2) is 0 Å². The van der Waals surface area contributed by atoms with Gasteiger partial charge in [-0.15, -0.1) is 0 Å². The van der Waals surface area contributed by atoms with Crippen molar-refractivity contribution in [2.24, 2.45) is 23.7 Å². The summed E-state index contributed by atoms with van der Waals surface area (Å²) in [6.07, 6.45) is 9.86. The van der Waals surface area contributed by atoms with Gasteiger partial charge in [0.05, 0.1) is 0 Å². The molecule has 0 spiro atoms. The highest BCUT2D eigenvalue weighted by molar-refractivity contribution is 4.69. The minimum absolute atomic E-state index is 0.886. The highest BCUT2D eigenvalue weighted by Crippen LogP contribution is 2.29. The molecule has 0 rings (SSSR count). The predicted octanol–water partition coefficient (Wildman–Crippen LogP) is 6.30. The monoisotopic (exact) mass is 240 g/mol. The van der Waals surface area contributed by atoms with E-state index in [0.717, 1.165) is 23.7 Å². The van der Waals surface area contributed by atoms with Crippen LogP contribution in [0.15, 0.2) is 0 Å². The summed E-state index contributed by atoms with van der Waals surface area (Å²) in [7, 11) is 0. The first kappa shape index (κ1) is 17.0. The van der Waals surface area contributed by atoms with Crippen LogP contribution in [-0.2, 0) is 0 Å². The minimum atomic E-state index is 0.886. The topological polar surface area (TPSA) is 0 Å². The Morgan fingerprint density at radius 1 is 0.765 bits per heavy atom. The van der Waals surface area contributed by atoms with Gasteiger partial charge in [0.2, 0.25) is 0 Å². The van der Waals surface area contributed by atoms with E-state index in [1.54, 1.807) is 0 Å². The molecule has 0 saturated carbocycles. The van der Waals surface area contributed by atoms with Gasteiger partial charge in [-0.1, -0.05) is 80.1 Å². The zero-order valence-electron chi connectivity index (χ0n) is 13.3. The SMILES string of the molecule is CCCCCCC(C)CC(C)C(C)C(C)CC. The molecule has 0 heteroatoms. The van der Waals surface area contributed by atoms with Crippen LogP contribution in [0, 0.1) is 23.7 Å². The van der Waals surface area contributed by atoms with Crippen molar-refractivity contribution in [1.82, 2.24) is 0 Å². The Labute approximate surface area is 111 Å². The first-order valence-electron chi connectivity index (χ1n) is 8.02. The van der Waals surface area contributed by atoms with E-state index in [-0.39, 0.29) is 0 Å². The molecule has 0 heterocycles. The lowest BCUT2D eigenvalue weighted by molar-refractivity contribution is 0.230. The fourth-order valence-corrected chi connectivity index (χ4v) is 2.82. The second-order valence-electron chi connectivity index (χ2n) is 6.41. The van der Waals surface area contributed by atoms with Crippen molar-refractivity contribution in [1.29, 1.82) is 0 Å². The van der Waals surface area contributed by atoms with Gasteiger partial charge >= 0.3 is 0 Å². The molecule has 0 aromatic rings. The van der Waals surface area contributed by atoms with Crippen molar-refractivity contribution in [3.63, 3.8) is 0 Å². The first-order chi connectivity index (χ1) is 8.02. The fraction of sp³-hybridized carbons (Fsp3) is 1.00. The summed E-state index contributed by atoms with van der Waals surface area (Å²) in [6.45, 7) is 14.4. The molecule has 0 aromatic carbocycles. The average Bonchev–Trinajstić information content (AvgIpc) is 2.32. The van der Waals surface area contributed by atoms with Crippen LogP contribution in [0.4, 0.5) is 0 Å². The summed E-state index contributed by atoms with van der Waals surface area (Å²) in [6, 6.07) is 0. The predicted molar refractivity (Wildman–Crippen MR) is 80.3 cm³/mol. The molecular formula is C17H36. The van der Waals surface area contributed by atoms with Crippen LogP contribution in [0.1, 0.15) is 86.5 Å². The van der Waals surface area contributed by atoms with E-state index in [2.05, 4.69) is 41.5 Å². The molecule has 0 amide bonds. The van der Waals surface area contributed by atoms with Gasteiger partial charge in [0.25, 0.3) is 0 Å². The maximum absolute atomic E-state index is 2.46. The summed E-state index contributed by atoms with van der Waals surface area (Å²) in [4.78, 5) is 0. The molecule has 0 radical (unpaired) electrons. The summed E-state index contributed by atoms with van der Waals surface area (Å²) < 4.78 is 0. The first-order valence-corrected chi connectivity index (χ1v) is 8.02. The quantitative estimate of drug-likeness (QED) is 0.393. The van der Waals surface area contributed by atoms with Gasteiger partial charge in [-0.3, -0.25) is 0 Å². The average molecular weight is 240 g/mol. The van der Waals surface area contributed by atoms with E-state index >= 15 is 0 Å². The lowest BCUT2D eigenvalue weighted by Crippen LogP contribution is -2.18. The van der Waals surface area contributed by atoms with E-state index in [9.17, 15) is 0 Å². The zero-order chi connectivity index (χ0) is 13.3. The molecule has 0 aromatic heterocycles. The number of rotatable bonds is 10. The van der Waals surface area contributed by atoms with Gasteiger partial charge in [-0.05, 0) is 30.1 Å². The summed E-state index contributed by atoms with van der Waals surface area (Å²) in [5.41, 5.74) is 0. The van der Waals surface area contributed by atoms with Crippen LogP contribution in [-0.4, -0.2) is 0 Å². The minimum Gasteiger partial charge on any atom is -0.0654 e. The highest BCUT2D eigenvalue weighted by Gasteiger charge is 2.19. The molecule has 0 fully saturated rings. The molecule has 0 aliphatic rings. The van der Waals surface area contributed by atoms with Crippen molar-refractivity contribution in [2.45, 2.75) is 86.5 Å². The van der Waals surface area contributed by atoms with Gasteiger partial charge in [0.1, 0.15) is 0 Å². The molecule has 104 valence electrons. The zero-order valence-corrected chi connectivity index (χ0v) is 13.3. The van der Waals surface area contributed by atoms with Crippen molar-refractivity contribution in [2.75, 3.05) is 0 Å². The van der Waals surface area contributed by atoms with Crippen molar-refractivity contribution < 1.29 is 0 Å². The number of unbranched alkanes of at least 4 members (excludes halogenated alkanes) is 3.